The van der Waals surface area contributed by atoms with Gasteiger partial charge in [0.2, 0.25) is 5.16 Å². The van der Waals surface area contributed by atoms with Crippen LogP contribution < -0.4 is 5.84 Å². The van der Waals surface area contributed by atoms with Crippen molar-refractivity contribution in [2.24, 2.45) is 0 Å². The third-order valence-corrected chi connectivity index (χ3v) is 4.44. The van der Waals surface area contributed by atoms with Gasteiger partial charge in [0, 0.05) is 22.2 Å². The zero-order valence-corrected chi connectivity index (χ0v) is 13.5. The van der Waals surface area contributed by atoms with Crippen molar-refractivity contribution in [3.8, 4) is 0 Å². The van der Waals surface area contributed by atoms with Crippen LogP contribution in [-0.4, -0.2) is 14.9 Å². The molecule has 1 heterocycles. The predicted octanol–water partition coefficient (Wildman–Crippen LogP) is 3.93. The average molecular weight is 331 g/mol. The number of aromatic nitrogens is 3. The first-order chi connectivity index (χ1) is 9.61. The molecule has 0 aliphatic rings. The molecule has 2 N–H and O–H groups in total. The van der Waals surface area contributed by atoms with E-state index in [-0.39, 0.29) is 0 Å². The number of hydrogen-bond acceptors (Lipinski definition) is 4. The normalized spacial score (nSPS) is 10.9. The zero-order chi connectivity index (χ0) is 14.5. The van der Waals surface area contributed by atoms with Crippen molar-refractivity contribution in [3.05, 3.63) is 39.6 Å². The molecule has 7 heteroatoms. The fraction of sp³-hybridized carbons (Fsp3) is 0.385. The molecule has 4 nitrogen and oxygen atoms in total. The smallest absolute Gasteiger partial charge is 0.210 e. The van der Waals surface area contributed by atoms with Gasteiger partial charge in [-0.3, -0.25) is 0 Å². The highest BCUT2D eigenvalue weighted by Gasteiger charge is 2.11. The summed E-state index contributed by atoms with van der Waals surface area (Å²) in [5, 5.41) is 10.2. The Morgan fingerprint density at radius 1 is 1.30 bits per heavy atom. The van der Waals surface area contributed by atoms with Crippen molar-refractivity contribution in [1.29, 1.82) is 0 Å². The summed E-state index contributed by atoms with van der Waals surface area (Å²) in [4.78, 5) is 0. The van der Waals surface area contributed by atoms with Crippen molar-refractivity contribution in [3.63, 3.8) is 0 Å². The molecule has 0 saturated carbocycles. The zero-order valence-electron chi connectivity index (χ0n) is 11.1. The summed E-state index contributed by atoms with van der Waals surface area (Å²) in [5.74, 6) is 7.48. The number of nitrogens with two attached hydrogens (primary N) is 1. The number of nitrogens with zero attached hydrogens (tertiary/aromatic N) is 3. The second-order valence-corrected chi connectivity index (χ2v) is 6.18. The molecule has 2 rings (SSSR count). The van der Waals surface area contributed by atoms with Crippen LogP contribution in [0.4, 0.5) is 0 Å². The Balaban J connectivity index is 2.02. The van der Waals surface area contributed by atoms with Gasteiger partial charge >= 0.3 is 0 Å². The van der Waals surface area contributed by atoms with Crippen LogP contribution in [0.2, 0.25) is 10.0 Å². The lowest BCUT2D eigenvalue weighted by Gasteiger charge is -2.05. The van der Waals surface area contributed by atoms with Gasteiger partial charge in [-0.2, -0.15) is 0 Å². The largest absolute Gasteiger partial charge is 0.336 e. The molecule has 0 fully saturated rings. The van der Waals surface area contributed by atoms with E-state index in [1.54, 1.807) is 10.7 Å². The second kappa shape index (κ2) is 7.20. The third-order valence-electron chi connectivity index (χ3n) is 2.86. The number of aryl methyl sites for hydroxylation is 1. The SMILES string of the molecule is CCCCc1nnc(SCc2ccc(Cl)cc2Cl)n1N. The van der Waals surface area contributed by atoms with Gasteiger partial charge in [-0.05, 0) is 24.1 Å². The number of unbranched alkanes of at least 4 members (excludes halogenated alkanes) is 1. The van der Waals surface area contributed by atoms with Crippen molar-refractivity contribution >= 4 is 35.0 Å². The Labute approximate surface area is 132 Å². The lowest BCUT2D eigenvalue weighted by atomic mass is 10.2. The Morgan fingerprint density at radius 2 is 2.10 bits per heavy atom. The van der Waals surface area contributed by atoms with Crippen LogP contribution in [0.25, 0.3) is 0 Å². The molecular formula is C13H16Cl2N4S. The van der Waals surface area contributed by atoms with Gasteiger partial charge < -0.3 is 5.84 Å². The summed E-state index contributed by atoms with van der Waals surface area (Å²) in [5.41, 5.74) is 0.999. The van der Waals surface area contributed by atoms with Crippen molar-refractivity contribution in [2.75, 3.05) is 5.84 Å². The molecule has 0 spiro atoms. The maximum absolute atomic E-state index is 6.14. The molecule has 20 heavy (non-hydrogen) atoms. The lowest BCUT2D eigenvalue weighted by Crippen LogP contribution is -2.14. The molecule has 1 aromatic heterocycles. The maximum Gasteiger partial charge on any atom is 0.210 e. The summed E-state index contributed by atoms with van der Waals surface area (Å²) in [7, 11) is 0. The van der Waals surface area contributed by atoms with Crippen LogP contribution in [0.5, 0.6) is 0 Å². The molecule has 0 amide bonds. The van der Waals surface area contributed by atoms with E-state index in [0.29, 0.717) is 21.0 Å². The Kier molecular flexibility index (Phi) is 5.57. The van der Waals surface area contributed by atoms with Crippen LogP contribution in [0.15, 0.2) is 23.4 Å². The minimum Gasteiger partial charge on any atom is -0.336 e. The molecule has 0 bridgehead atoms. The molecule has 0 aliphatic heterocycles. The second-order valence-electron chi connectivity index (χ2n) is 4.40. The van der Waals surface area contributed by atoms with Gasteiger partial charge in [0.05, 0.1) is 0 Å². The van der Waals surface area contributed by atoms with Gasteiger partial charge in [0.25, 0.3) is 0 Å². The van der Waals surface area contributed by atoms with Gasteiger partial charge in [-0.15, -0.1) is 10.2 Å². The minimum atomic E-state index is 0.632. The molecule has 108 valence electrons. The first-order valence-electron chi connectivity index (χ1n) is 6.38. The summed E-state index contributed by atoms with van der Waals surface area (Å²) in [6, 6.07) is 5.47. The lowest BCUT2D eigenvalue weighted by molar-refractivity contribution is 0.712. The van der Waals surface area contributed by atoms with E-state index < -0.39 is 0 Å². The number of benzene rings is 1. The van der Waals surface area contributed by atoms with E-state index in [4.69, 9.17) is 29.0 Å². The minimum absolute atomic E-state index is 0.632. The quantitative estimate of drug-likeness (QED) is 0.643. The summed E-state index contributed by atoms with van der Waals surface area (Å²) in [6.45, 7) is 2.13. The number of thioether (sulfide) groups is 1. The topological polar surface area (TPSA) is 56.7 Å². The number of halogens is 2. The third kappa shape index (κ3) is 3.81. The van der Waals surface area contributed by atoms with Crippen LogP contribution >= 0.6 is 35.0 Å². The van der Waals surface area contributed by atoms with Gasteiger partial charge in [0.15, 0.2) is 5.82 Å². The monoisotopic (exact) mass is 330 g/mol. The first kappa shape index (κ1) is 15.5. The molecule has 0 atom stereocenters. The Morgan fingerprint density at radius 3 is 2.80 bits per heavy atom. The fourth-order valence-electron chi connectivity index (χ4n) is 1.69. The van der Waals surface area contributed by atoms with Crippen LogP contribution in [0.1, 0.15) is 31.2 Å². The average Bonchev–Trinajstić information content (AvgIpc) is 2.76. The van der Waals surface area contributed by atoms with Crippen molar-refractivity contribution in [1.82, 2.24) is 14.9 Å². The fourth-order valence-corrected chi connectivity index (χ4v) is 3.13. The number of rotatable bonds is 6. The highest BCUT2D eigenvalue weighted by atomic mass is 35.5. The van der Waals surface area contributed by atoms with E-state index >= 15 is 0 Å². The van der Waals surface area contributed by atoms with Crippen LogP contribution in [0.3, 0.4) is 0 Å². The maximum atomic E-state index is 6.14. The van der Waals surface area contributed by atoms with E-state index in [1.807, 2.05) is 12.1 Å². The van der Waals surface area contributed by atoms with Gasteiger partial charge in [-0.1, -0.05) is 54.4 Å². The van der Waals surface area contributed by atoms with Gasteiger partial charge in [-0.25, -0.2) is 4.68 Å². The van der Waals surface area contributed by atoms with E-state index in [0.717, 1.165) is 30.7 Å². The first-order valence-corrected chi connectivity index (χ1v) is 8.12. The summed E-state index contributed by atoms with van der Waals surface area (Å²) >= 11 is 13.5. The Hall–Kier alpha value is -0.910. The molecular weight excluding hydrogens is 315 g/mol. The molecule has 0 unspecified atom stereocenters. The van der Waals surface area contributed by atoms with Gasteiger partial charge in [0.1, 0.15) is 0 Å². The van der Waals surface area contributed by atoms with Crippen molar-refractivity contribution in [2.45, 2.75) is 37.1 Å². The molecule has 0 aliphatic carbocycles. The molecule has 1 aromatic carbocycles. The van der Waals surface area contributed by atoms with E-state index in [2.05, 4.69) is 17.1 Å². The molecule has 0 radical (unpaired) electrons. The molecule has 0 saturated heterocycles. The standard InChI is InChI=1S/C13H16Cl2N4S/c1-2-3-4-12-17-18-13(19(12)16)20-8-9-5-6-10(14)7-11(9)15/h5-7H,2-4,8,16H2,1H3. The van der Waals surface area contributed by atoms with Crippen molar-refractivity contribution < 1.29 is 0 Å². The highest BCUT2D eigenvalue weighted by molar-refractivity contribution is 7.98. The van der Waals surface area contributed by atoms with Crippen LogP contribution in [-0.2, 0) is 12.2 Å². The highest BCUT2D eigenvalue weighted by Crippen LogP contribution is 2.27. The number of hydrogen-bond donors (Lipinski definition) is 1. The van der Waals surface area contributed by atoms with E-state index in [1.165, 1.54) is 11.8 Å². The summed E-state index contributed by atoms with van der Waals surface area (Å²) in [6.07, 6.45) is 3.01. The molecule has 2 aromatic rings. The summed E-state index contributed by atoms with van der Waals surface area (Å²) < 4.78 is 1.56. The van der Waals surface area contributed by atoms with E-state index in [9.17, 15) is 0 Å². The van der Waals surface area contributed by atoms with Crippen LogP contribution in [0, 0.1) is 0 Å². The predicted molar refractivity (Wildman–Crippen MR) is 84.8 cm³/mol. The Bertz CT molecular complexity index is 586. The number of nitrogen functional groups attached to an aromatic ring is 1.